The molecule has 0 spiro atoms. The largest absolute Gasteiger partial charge is 0.312 e. The van der Waals surface area contributed by atoms with Crippen LogP contribution in [-0.2, 0) is 13.0 Å². The smallest absolute Gasteiger partial charge is 0.127 e. The maximum Gasteiger partial charge on any atom is 0.127 e. The van der Waals surface area contributed by atoms with Crippen molar-refractivity contribution in [2.45, 2.75) is 52.6 Å². The van der Waals surface area contributed by atoms with E-state index in [0.717, 1.165) is 30.0 Å². The first-order valence-corrected chi connectivity index (χ1v) is 8.54. The fraction of sp³-hybridized carbons (Fsp3) is 0.625. The third-order valence-electron chi connectivity index (χ3n) is 4.13. The lowest BCUT2D eigenvalue weighted by Crippen LogP contribution is -2.30. The van der Waals surface area contributed by atoms with Crippen molar-refractivity contribution in [3.05, 3.63) is 23.0 Å². The number of hydrogen-bond donors (Lipinski definition) is 1. The molecule has 0 bridgehead atoms. The first kappa shape index (κ1) is 14.7. The summed E-state index contributed by atoms with van der Waals surface area (Å²) in [5, 5.41) is 8.99. The van der Waals surface area contributed by atoms with E-state index in [4.69, 9.17) is 4.98 Å². The average Bonchev–Trinajstić information content (AvgIpc) is 3.03. The van der Waals surface area contributed by atoms with Gasteiger partial charge in [-0.15, -0.1) is 11.3 Å². The zero-order valence-corrected chi connectivity index (χ0v) is 14.1. The molecule has 0 saturated heterocycles. The van der Waals surface area contributed by atoms with Gasteiger partial charge in [0.2, 0.25) is 0 Å². The summed E-state index contributed by atoms with van der Waals surface area (Å²) in [6.45, 7) is 7.80. The Kier molecular flexibility index (Phi) is 3.88. The summed E-state index contributed by atoms with van der Waals surface area (Å²) in [4.78, 5) is 6.33. The van der Waals surface area contributed by atoms with E-state index in [1.54, 1.807) is 0 Å². The number of hydrogen-bond acceptors (Lipinski definition) is 4. The van der Waals surface area contributed by atoms with Gasteiger partial charge in [-0.25, -0.2) is 4.98 Å². The van der Waals surface area contributed by atoms with Crippen molar-refractivity contribution in [3.63, 3.8) is 0 Å². The number of aryl methyl sites for hydroxylation is 1. The standard InChI is InChI=1S/C16H24N4S/c1-5-6-20-10-11(9-18-20)15-19-13-8-16(2,3)7-12(17-4)14(13)21-15/h9-10,12,17H,5-8H2,1-4H3. The van der Waals surface area contributed by atoms with Crippen LogP contribution in [0.5, 0.6) is 0 Å². The summed E-state index contributed by atoms with van der Waals surface area (Å²) < 4.78 is 2.01. The first-order chi connectivity index (χ1) is 10.0. The molecule has 2 aromatic rings. The Morgan fingerprint density at radius 2 is 2.29 bits per heavy atom. The third kappa shape index (κ3) is 2.90. The summed E-state index contributed by atoms with van der Waals surface area (Å²) in [6, 6.07) is 0.431. The molecule has 0 amide bonds. The molecule has 0 radical (unpaired) electrons. The summed E-state index contributed by atoms with van der Waals surface area (Å²) in [7, 11) is 2.05. The molecule has 1 unspecified atom stereocenters. The Morgan fingerprint density at radius 3 is 3.00 bits per heavy atom. The molecule has 1 atom stereocenters. The number of rotatable bonds is 4. The summed E-state index contributed by atoms with van der Waals surface area (Å²) in [5.74, 6) is 0. The van der Waals surface area contributed by atoms with Crippen molar-refractivity contribution in [1.82, 2.24) is 20.1 Å². The van der Waals surface area contributed by atoms with Gasteiger partial charge in [0.25, 0.3) is 0 Å². The summed E-state index contributed by atoms with van der Waals surface area (Å²) in [5.41, 5.74) is 2.74. The van der Waals surface area contributed by atoms with E-state index in [1.807, 2.05) is 22.2 Å². The van der Waals surface area contributed by atoms with Gasteiger partial charge < -0.3 is 5.32 Å². The maximum absolute atomic E-state index is 4.91. The van der Waals surface area contributed by atoms with Gasteiger partial charge in [-0.1, -0.05) is 20.8 Å². The fourth-order valence-corrected chi connectivity index (χ4v) is 4.28. The van der Waals surface area contributed by atoms with Crippen molar-refractivity contribution >= 4 is 11.3 Å². The van der Waals surface area contributed by atoms with E-state index >= 15 is 0 Å². The van der Waals surface area contributed by atoms with Crippen LogP contribution in [0, 0.1) is 5.41 Å². The topological polar surface area (TPSA) is 42.7 Å². The van der Waals surface area contributed by atoms with E-state index in [9.17, 15) is 0 Å². The number of thiazole rings is 1. The van der Waals surface area contributed by atoms with Crippen LogP contribution in [0.4, 0.5) is 0 Å². The average molecular weight is 304 g/mol. The predicted octanol–water partition coefficient (Wildman–Crippen LogP) is 3.65. The molecular formula is C16H24N4S. The van der Waals surface area contributed by atoms with Gasteiger partial charge in [0.15, 0.2) is 0 Å². The zero-order chi connectivity index (χ0) is 15.0. The van der Waals surface area contributed by atoms with Gasteiger partial charge in [0.05, 0.1) is 11.9 Å². The van der Waals surface area contributed by atoms with Crippen LogP contribution in [0.3, 0.4) is 0 Å². The van der Waals surface area contributed by atoms with E-state index in [1.165, 1.54) is 17.0 Å². The molecule has 3 rings (SSSR count). The van der Waals surface area contributed by atoms with Gasteiger partial charge in [0.1, 0.15) is 5.01 Å². The quantitative estimate of drug-likeness (QED) is 0.937. The van der Waals surface area contributed by atoms with Crippen LogP contribution in [0.2, 0.25) is 0 Å². The summed E-state index contributed by atoms with van der Waals surface area (Å²) in [6.07, 6.45) is 7.41. The van der Waals surface area contributed by atoms with Gasteiger partial charge in [-0.2, -0.15) is 5.10 Å². The molecule has 1 N–H and O–H groups in total. The highest BCUT2D eigenvalue weighted by Gasteiger charge is 2.34. The van der Waals surface area contributed by atoms with Crippen molar-refractivity contribution in [2.75, 3.05) is 7.05 Å². The molecule has 0 fully saturated rings. The molecule has 114 valence electrons. The van der Waals surface area contributed by atoms with Crippen LogP contribution < -0.4 is 5.32 Å². The Labute approximate surface area is 130 Å². The second kappa shape index (κ2) is 5.54. The van der Waals surface area contributed by atoms with Crippen molar-refractivity contribution in [2.24, 2.45) is 5.41 Å². The Bertz CT molecular complexity index is 626. The predicted molar refractivity (Wildman–Crippen MR) is 87.5 cm³/mol. The third-order valence-corrected chi connectivity index (χ3v) is 5.39. The Morgan fingerprint density at radius 1 is 1.48 bits per heavy atom. The number of nitrogens with zero attached hydrogens (tertiary/aromatic N) is 3. The van der Waals surface area contributed by atoms with Gasteiger partial charge in [-0.3, -0.25) is 4.68 Å². The van der Waals surface area contributed by atoms with Gasteiger partial charge >= 0.3 is 0 Å². The van der Waals surface area contributed by atoms with Crippen LogP contribution in [0.15, 0.2) is 12.4 Å². The molecule has 4 nitrogen and oxygen atoms in total. The molecule has 1 aliphatic carbocycles. The van der Waals surface area contributed by atoms with Gasteiger partial charge in [-0.05, 0) is 31.7 Å². The normalized spacial score (nSPS) is 20.5. The SMILES string of the molecule is CCCn1cc(-c2nc3c(s2)C(NC)CC(C)(C)C3)cn1. The lowest BCUT2D eigenvalue weighted by molar-refractivity contribution is 0.265. The fourth-order valence-electron chi connectivity index (χ4n) is 3.12. The molecule has 1 aliphatic rings. The second-order valence-corrected chi connectivity index (χ2v) is 7.74. The lowest BCUT2D eigenvalue weighted by Gasteiger charge is -2.34. The molecule has 0 aliphatic heterocycles. The minimum atomic E-state index is 0.318. The van der Waals surface area contributed by atoms with Crippen LogP contribution >= 0.6 is 11.3 Å². The minimum absolute atomic E-state index is 0.318. The molecule has 2 heterocycles. The van der Waals surface area contributed by atoms with E-state index < -0.39 is 0 Å². The van der Waals surface area contributed by atoms with E-state index in [-0.39, 0.29) is 0 Å². The monoisotopic (exact) mass is 304 g/mol. The molecule has 2 aromatic heterocycles. The highest BCUT2D eigenvalue weighted by Crippen LogP contribution is 2.44. The minimum Gasteiger partial charge on any atom is -0.312 e. The van der Waals surface area contributed by atoms with Crippen molar-refractivity contribution in [1.29, 1.82) is 0 Å². The van der Waals surface area contributed by atoms with Crippen LogP contribution in [0.1, 0.15) is 50.2 Å². The molecule has 0 aromatic carbocycles. The zero-order valence-electron chi connectivity index (χ0n) is 13.3. The van der Waals surface area contributed by atoms with E-state index in [2.05, 4.69) is 44.4 Å². The van der Waals surface area contributed by atoms with Crippen LogP contribution in [0.25, 0.3) is 10.6 Å². The van der Waals surface area contributed by atoms with Crippen molar-refractivity contribution in [3.8, 4) is 10.6 Å². The molecular weight excluding hydrogens is 280 g/mol. The second-order valence-electron chi connectivity index (χ2n) is 6.71. The first-order valence-electron chi connectivity index (χ1n) is 7.72. The number of fused-ring (bicyclic) bond motifs is 1. The molecule has 21 heavy (non-hydrogen) atoms. The Balaban J connectivity index is 1.94. The van der Waals surface area contributed by atoms with Gasteiger partial charge in [0, 0.05) is 29.2 Å². The highest BCUT2D eigenvalue weighted by molar-refractivity contribution is 7.15. The lowest BCUT2D eigenvalue weighted by atomic mass is 9.76. The van der Waals surface area contributed by atoms with Crippen LogP contribution in [-0.4, -0.2) is 21.8 Å². The van der Waals surface area contributed by atoms with Crippen molar-refractivity contribution < 1.29 is 0 Å². The molecule has 5 heteroatoms. The number of aromatic nitrogens is 3. The highest BCUT2D eigenvalue weighted by atomic mass is 32.1. The molecule has 0 saturated carbocycles. The maximum atomic E-state index is 4.91. The number of nitrogens with one attached hydrogen (secondary N) is 1. The summed E-state index contributed by atoms with van der Waals surface area (Å²) >= 11 is 1.83. The Hall–Kier alpha value is -1.20. The van der Waals surface area contributed by atoms with E-state index in [0.29, 0.717) is 11.5 Å².